The topological polar surface area (TPSA) is 62.6 Å². The molecule has 0 spiro atoms. The van der Waals surface area contributed by atoms with Gasteiger partial charge in [0.1, 0.15) is 5.76 Å². The SMILES string of the molecule is CC(c1ccco1)N(C(=O)CCNC(=O)c1ccc2ccccc2c1)C1CC1. The number of fused-ring (bicyclic) bond motifs is 1. The fourth-order valence-corrected chi connectivity index (χ4v) is 3.60. The molecular weight excluding hydrogens is 352 g/mol. The molecule has 1 N–H and O–H groups in total. The van der Waals surface area contributed by atoms with Crippen LogP contribution in [0.25, 0.3) is 10.8 Å². The van der Waals surface area contributed by atoms with Crippen LogP contribution >= 0.6 is 0 Å². The Morgan fingerprint density at radius 1 is 1.11 bits per heavy atom. The van der Waals surface area contributed by atoms with Crippen molar-refractivity contribution >= 4 is 22.6 Å². The normalized spacial score (nSPS) is 14.6. The minimum Gasteiger partial charge on any atom is -0.467 e. The Kier molecular flexibility index (Phi) is 5.15. The molecule has 144 valence electrons. The molecule has 0 radical (unpaired) electrons. The van der Waals surface area contributed by atoms with Crippen molar-refractivity contribution in [1.29, 1.82) is 0 Å². The maximum atomic E-state index is 12.8. The van der Waals surface area contributed by atoms with Crippen molar-refractivity contribution in [3.05, 3.63) is 72.2 Å². The average Bonchev–Trinajstić information content (AvgIpc) is 3.38. The maximum absolute atomic E-state index is 12.8. The van der Waals surface area contributed by atoms with E-state index >= 15 is 0 Å². The van der Waals surface area contributed by atoms with Gasteiger partial charge in [-0.1, -0.05) is 30.3 Å². The van der Waals surface area contributed by atoms with Crippen LogP contribution in [0, 0.1) is 0 Å². The number of hydrogen-bond acceptors (Lipinski definition) is 3. The molecule has 0 saturated heterocycles. The molecule has 1 unspecified atom stereocenters. The molecule has 1 aromatic heterocycles. The van der Waals surface area contributed by atoms with E-state index in [0.717, 1.165) is 29.4 Å². The monoisotopic (exact) mass is 376 g/mol. The Bertz CT molecular complexity index is 976. The molecule has 4 rings (SSSR count). The van der Waals surface area contributed by atoms with E-state index in [4.69, 9.17) is 4.42 Å². The summed E-state index contributed by atoms with van der Waals surface area (Å²) in [5.74, 6) is 0.682. The van der Waals surface area contributed by atoms with Gasteiger partial charge in [-0.05, 0) is 54.8 Å². The van der Waals surface area contributed by atoms with Gasteiger partial charge in [-0.25, -0.2) is 0 Å². The van der Waals surface area contributed by atoms with Gasteiger partial charge in [0.15, 0.2) is 0 Å². The van der Waals surface area contributed by atoms with E-state index < -0.39 is 0 Å². The van der Waals surface area contributed by atoms with Crippen molar-refractivity contribution in [1.82, 2.24) is 10.2 Å². The van der Waals surface area contributed by atoms with Gasteiger partial charge in [0.25, 0.3) is 5.91 Å². The molecule has 28 heavy (non-hydrogen) atoms. The number of benzene rings is 2. The first-order chi connectivity index (χ1) is 13.6. The molecule has 2 amide bonds. The summed E-state index contributed by atoms with van der Waals surface area (Å²) in [5, 5.41) is 5.00. The first-order valence-corrected chi connectivity index (χ1v) is 9.75. The second-order valence-electron chi connectivity index (χ2n) is 7.29. The summed E-state index contributed by atoms with van der Waals surface area (Å²) in [5.41, 5.74) is 0.606. The van der Waals surface area contributed by atoms with Gasteiger partial charge in [0.2, 0.25) is 5.91 Å². The predicted octanol–water partition coefficient (Wildman–Crippen LogP) is 4.30. The first-order valence-electron chi connectivity index (χ1n) is 9.75. The van der Waals surface area contributed by atoms with Crippen LogP contribution < -0.4 is 5.32 Å². The molecule has 1 aliphatic rings. The number of nitrogens with zero attached hydrogens (tertiary/aromatic N) is 1. The van der Waals surface area contributed by atoms with Crippen LogP contribution in [0.2, 0.25) is 0 Å². The Morgan fingerprint density at radius 2 is 1.89 bits per heavy atom. The molecule has 1 saturated carbocycles. The highest BCUT2D eigenvalue weighted by Crippen LogP contribution is 2.34. The van der Waals surface area contributed by atoms with Crippen LogP contribution in [0.3, 0.4) is 0 Å². The van der Waals surface area contributed by atoms with Crippen molar-refractivity contribution < 1.29 is 14.0 Å². The number of nitrogens with one attached hydrogen (secondary N) is 1. The van der Waals surface area contributed by atoms with Crippen LogP contribution in [-0.2, 0) is 4.79 Å². The van der Waals surface area contributed by atoms with Crippen molar-refractivity contribution in [2.75, 3.05) is 6.54 Å². The molecule has 1 fully saturated rings. The molecule has 0 aliphatic heterocycles. The Labute approximate surface area is 164 Å². The van der Waals surface area contributed by atoms with Crippen molar-refractivity contribution in [2.45, 2.75) is 38.3 Å². The van der Waals surface area contributed by atoms with Gasteiger partial charge in [-0.3, -0.25) is 9.59 Å². The number of carbonyl (C=O) groups is 2. The molecule has 1 atom stereocenters. The minimum absolute atomic E-state index is 0.0465. The summed E-state index contributed by atoms with van der Waals surface area (Å²) in [6.45, 7) is 2.31. The van der Waals surface area contributed by atoms with E-state index in [0.29, 0.717) is 12.1 Å². The lowest BCUT2D eigenvalue weighted by Crippen LogP contribution is -2.37. The molecule has 0 bridgehead atoms. The van der Waals surface area contributed by atoms with Crippen molar-refractivity contribution in [2.24, 2.45) is 0 Å². The van der Waals surface area contributed by atoms with E-state index in [9.17, 15) is 9.59 Å². The second-order valence-corrected chi connectivity index (χ2v) is 7.29. The van der Waals surface area contributed by atoms with Crippen LogP contribution in [0.1, 0.15) is 48.3 Å². The van der Waals surface area contributed by atoms with Gasteiger partial charge >= 0.3 is 0 Å². The molecule has 1 aliphatic carbocycles. The van der Waals surface area contributed by atoms with E-state index in [-0.39, 0.29) is 30.3 Å². The van der Waals surface area contributed by atoms with Gasteiger partial charge in [-0.15, -0.1) is 0 Å². The summed E-state index contributed by atoms with van der Waals surface area (Å²) in [4.78, 5) is 27.1. The molecular formula is C23H24N2O3. The zero-order chi connectivity index (χ0) is 19.5. The Morgan fingerprint density at radius 3 is 2.61 bits per heavy atom. The number of carbonyl (C=O) groups excluding carboxylic acids is 2. The van der Waals surface area contributed by atoms with Crippen molar-refractivity contribution in [3.8, 4) is 0 Å². The van der Waals surface area contributed by atoms with E-state index in [2.05, 4.69) is 5.32 Å². The van der Waals surface area contributed by atoms with Crippen LogP contribution in [0.5, 0.6) is 0 Å². The predicted molar refractivity (Wildman–Crippen MR) is 108 cm³/mol. The largest absolute Gasteiger partial charge is 0.467 e. The quantitative estimate of drug-likeness (QED) is 0.668. The molecule has 5 nitrogen and oxygen atoms in total. The fraction of sp³-hybridized carbons (Fsp3) is 0.304. The summed E-state index contributed by atoms with van der Waals surface area (Å²) in [6, 6.07) is 17.5. The Hall–Kier alpha value is -3.08. The molecule has 3 aromatic rings. The maximum Gasteiger partial charge on any atom is 0.251 e. The lowest BCUT2D eigenvalue weighted by Gasteiger charge is -2.28. The number of hydrogen-bond donors (Lipinski definition) is 1. The summed E-state index contributed by atoms with van der Waals surface area (Å²) < 4.78 is 5.48. The zero-order valence-corrected chi connectivity index (χ0v) is 15.9. The highest BCUT2D eigenvalue weighted by Gasteiger charge is 2.36. The number of amides is 2. The van der Waals surface area contributed by atoms with Crippen LogP contribution in [0.4, 0.5) is 0 Å². The molecule has 1 heterocycles. The lowest BCUT2D eigenvalue weighted by molar-refractivity contribution is -0.134. The fourth-order valence-electron chi connectivity index (χ4n) is 3.60. The van der Waals surface area contributed by atoms with E-state index in [1.165, 1.54) is 0 Å². The Balaban J connectivity index is 1.35. The third kappa shape index (κ3) is 3.93. The standard InChI is InChI=1S/C23H24N2O3/c1-16(21-7-4-14-28-21)25(20-10-11-20)22(26)12-13-24-23(27)19-9-8-17-5-2-3-6-18(17)15-19/h2-9,14-16,20H,10-13H2,1H3,(H,24,27). The summed E-state index contributed by atoms with van der Waals surface area (Å²) in [7, 11) is 0. The third-order valence-electron chi connectivity index (χ3n) is 5.24. The van der Waals surface area contributed by atoms with E-state index in [1.54, 1.807) is 6.26 Å². The zero-order valence-electron chi connectivity index (χ0n) is 15.9. The van der Waals surface area contributed by atoms with Gasteiger partial charge in [0, 0.05) is 24.6 Å². The highest BCUT2D eigenvalue weighted by atomic mass is 16.3. The van der Waals surface area contributed by atoms with Crippen LogP contribution in [0.15, 0.2) is 65.3 Å². The average molecular weight is 376 g/mol. The highest BCUT2D eigenvalue weighted by molar-refractivity contribution is 5.98. The summed E-state index contributed by atoms with van der Waals surface area (Å²) in [6.07, 6.45) is 3.96. The van der Waals surface area contributed by atoms with Gasteiger partial charge < -0.3 is 14.6 Å². The van der Waals surface area contributed by atoms with Crippen LogP contribution in [-0.4, -0.2) is 29.3 Å². The minimum atomic E-state index is -0.157. The van der Waals surface area contributed by atoms with E-state index in [1.807, 2.05) is 66.4 Å². The second kappa shape index (κ2) is 7.89. The van der Waals surface area contributed by atoms with Gasteiger partial charge in [0.05, 0.1) is 12.3 Å². The van der Waals surface area contributed by atoms with Gasteiger partial charge in [-0.2, -0.15) is 0 Å². The number of rotatable bonds is 7. The molecule has 2 aromatic carbocycles. The lowest BCUT2D eigenvalue weighted by atomic mass is 10.1. The third-order valence-corrected chi connectivity index (χ3v) is 5.24. The molecule has 5 heteroatoms. The van der Waals surface area contributed by atoms with Crippen molar-refractivity contribution in [3.63, 3.8) is 0 Å². The first kappa shape index (κ1) is 18.3. The smallest absolute Gasteiger partial charge is 0.251 e. The number of furan rings is 1. The summed E-state index contributed by atoms with van der Waals surface area (Å²) >= 11 is 0.